The van der Waals surface area contributed by atoms with E-state index in [9.17, 15) is 9.59 Å². The monoisotopic (exact) mass is 441 g/mol. The van der Waals surface area contributed by atoms with Crippen molar-refractivity contribution in [2.45, 2.75) is 44.8 Å². The lowest BCUT2D eigenvalue weighted by molar-refractivity contribution is -0.123. The van der Waals surface area contributed by atoms with Crippen molar-refractivity contribution in [3.05, 3.63) is 59.6 Å². The molecule has 4 rings (SSSR count). The number of rotatable bonds is 2. The van der Waals surface area contributed by atoms with Crippen molar-refractivity contribution in [1.29, 1.82) is 0 Å². The van der Waals surface area contributed by atoms with Crippen LogP contribution in [0.1, 0.15) is 33.6 Å². The summed E-state index contributed by atoms with van der Waals surface area (Å²) in [5.41, 5.74) is 0.521. The maximum absolute atomic E-state index is 13.8. The molecule has 0 aromatic heterocycles. The first-order chi connectivity index (χ1) is 14.7. The lowest BCUT2D eigenvalue weighted by atomic mass is 9.85. The van der Waals surface area contributed by atoms with E-state index in [0.29, 0.717) is 37.6 Å². The van der Waals surface area contributed by atoms with Crippen molar-refractivity contribution in [2.75, 3.05) is 29.6 Å². The molecule has 1 spiro atoms. The Morgan fingerprint density at radius 1 is 1.00 bits per heavy atom. The van der Waals surface area contributed by atoms with Gasteiger partial charge < -0.3 is 14.5 Å². The van der Waals surface area contributed by atoms with Crippen molar-refractivity contribution < 1.29 is 14.3 Å². The summed E-state index contributed by atoms with van der Waals surface area (Å²) in [7, 11) is 0. The van der Waals surface area contributed by atoms with E-state index < -0.39 is 11.1 Å². The highest BCUT2D eigenvalue weighted by molar-refractivity contribution is 6.31. The zero-order chi connectivity index (χ0) is 22.2. The molecule has 2 saturated heterocycles. The summed E-state index contributed by atoms with van der Waals surface area (Å²) < 4.78 is 5.53. The standard InChI is InChI=1S/C24H28ClN3O3/c1-23(2,3)31-22(30)26-14-12-24(13-15-26)21(29)27(20-11-7-8-18(25)16-20)17-28(24)19-9-5-4-6-10-19/h4-11,16H,12-15,17H2,1-3H3. The summed E-state index contributed by atoms with van der Waals surface area (Å²) in [6.07, 6.45) is 0.749. The quantitative estimate of drug-likeness (QED) is 0.663. The summed E-state index contributed by atoms with van der Waals surface area (Å²) in [5.74, 6) is 0.0439. The predicted octanol–water partition coefficient (Wildman–Crippen LogP) is 4.92. The number of carbonyl (C=O) groups is 2. The van der Waals surface area contributed by atoms with Gasteiger partial charge in [0, 0.05) is 29.5 Å². The molecule has 0 N–H and O–H groups in total. The van der Waals surface area contributed by atoms with Crippen LogP contribution in [0, 0.1) is 0 Å². The summed E-state index contributed by atoms with van der Waals surface area (Å²) in [6, 6.07) is 17.3. The van der Waals surface area contributed by atoms with Gasteiger partial charge in [-0.15, -0.1) is 0 Å². The average molecular weight is 442 g/mol. The lowest BCUT2D eigenvalue weighted by Crippen LogP contribution is -2.57. The average Bonchev–Trinajstić information content (AvgIpc) is 3.00. The highest BCUT2D eigenvalue weighted by atomic mass is 35.5. The fraction of sp³-hybridized carbons (Fsp3) is 0.417. The van der Waals surface area contributed by atoms with E-state index in [0.717, 1.165) is 11.4 Å². The zero-order valence-corrected chi connectivity index (χ0v) is 18.9. The number of nitrogens with zero attached hydrogens (tertiary/aromatic N) is 3. The molecule has 0 radical (unpaired) electrons. The molecule has 7 heteroatoms. The number of hydrogen-bond acceptors (Lipinski definition) is 4. The third-order valence-corrected chi connectivity index (χ3v) is 6.11. The van der Waals surface area contributed by atoms with Crippen molar-refractivity contribution in [1.82, 2.24) is 4.90 Å². The maximum atomic E-state index is 13.8. The molecule has 2 aromatic rings. The van der Waals surface area contributed by atoms with E-state index in [1.54, 1.807) is 15.9 Å². The number of halogens is 1. The van der Waals surface area contributed by atoms with E-state index in [2.05, 4.69) is 4.90 Å². The van der Waals surface area contributed by atoms with Crippen LogP contribution in [0.2, 0.25) is 5.02 Å². The summed E-state index contributed by atoms with van der Waals surface area (Å²) in [6.45, 7) is 6.95. The minimum atomic E-state index is -0.706. The minimum absolute atomic E-state index is 0.0439. The summed E-state index contributed by atoms with van der Waals surface area (Å²) in [4.78, 5) is 32.0. The third-order valence-electron chi connectivity index (χ3n) is 5.87. The van der Waals surface area contributed by atoms with Gasteiger partial charge in [-0.3, -0.25) is 9.69 Å². The van der Waals surface area contributed by atoms with E-state index in [1.165, 1.54) is 0 Å². The van der Waals surface area contributed by atoms with Gasteiger partial charge in [0.15, 0.2) is 0 Å². The van der Waals surface area contributed by atoms with E-state index in [4.69, 9.17) is 16.3 Å². The Hall–Kier alpha value is -2.73. The van der Waals surface area contributed by atoms with Crippen LogP contribution in [0.25, 0.3) is 0 Å². The highest BCUT2D eigenvalue weighted by Crippen LogP contribution is 2.41. The molecule has 0 bridgehead atoms. The van der Waals surface area contributed by atoms with E-state index >= 15 is 0 Å². The fourth-order valence-corrected chi connectivity index (χ4v) is 4.54. The Labute approximate surface area is 188 Å². The third kappa shape index (κ3) is 4.22. The number of likely N-dealkylation sites (tertiary alicyclic amines) is 1. The molecule has 2 heterocycles. The molecule has 6 nitrogen and oxygen atoms in total. The van der Waals surface area contributed by atoms with Crippen molar-refractivity contribution in [2.24, 2.45) is 0 Å². The maximum Gasteiger partial charge on any atom is 0.410 e. The predicted molar refractivity (Wildman–Crippen MR) is 122 cm³/mol. The first kappa shape index (κ1) is 21.5. The Bertz CT molecular complexity index is 966. The molecule has 0 saturated carbocycles. The number of anilines is 2. The first-order valence-corrected chi connectivity index (χ1v) is 11.0. The van der Waals surface area contributed by atoms with E-state index in [-0.39, 0.29) is 12.0 Å². The highest BCUT2D eigenvalue weighted by Gasteiger charge is 2.54. The summed E-state index contributed by atoms with van der Waals surface area (Å²) >= 11 is 6.20. The van der Waals surface area contributed by atoms with Crippen LogP contribution in [-0.2, 0) is 9.53 Å². The number of hydrogen-bond donors (Lipinski definition) is 0. The molecule has 2 aliphatic heterocycles. The molecule has 2 aromatic carbocycles. The summed E-state index contributed by atoms with van der Waals surface area (Å²) in [5, 5.41) is 0.595. The molecule has 0 unspecified atom stereocenters. The number of amides is 2. The number of ether oxygens (including phenoxy) is 1. The molecule has 2 fully saturated rings. The number of carbonyl (C=O) groups excluding carboxylic acids is 2. The van der Waals surface area contributed by atoms with Crippen molar-refractivity contribution >= 4 is 35.0 Å². The van der Waals surface area contributed by atoms with E-state index in [1.807, 2.05) is 69.3 Å². The van der Waals surface area contributed by atoms with Gasteiger partial charge in [0.2, 0.25) is 0 Å². The SMILES string of the molecule is CC(C)(C)OC(=O)N1CCC2(CC1)C(=O)N(c1cccc(Cl)c1)CN2c1ccccc1. The second-order valence-electron chi connectivity index (χ2n) is 9.12. The van der Waals surface area contributed by atoms with Crippen molar-refractivity contribution in [3.63, 3.8) is 0 Å². The lowest BCUT2D eigenvalue weighted by Gasteiger charge is -2.43. The van der Waals surface area contributed by atoms with Crippen LogP contribution >= 0.6 is 11.6 Å². The first-order valence-electron chi connectivity index (χ1n) is 10.6. The molecule has 2 aliphatic rings. The van der Waals surface area contributed by atoms with Crippen LogP contribution in [0.5, 0.6) is 0 Å². The topological polar surface area (TPSA) is 53.1 Å². The Balaban J connectivity index is 1.62. The molecule has 0 atom stereocenters. The van der Waals surface area contributed by atoms with Crippen LogP contribution in [0.4, 0.5) is 16.2 Å². The molecule has 164 valence electrons. The van der Waals surface area contributed by atoms with Gasteiger partial charge in [0.25, 0.3) is 5.91 Å². The van der Waals surface area contributed by atoms with Gasteiger partial charge in [-0.25, -0.2) is 4.79 Å². The minimum Gasteiger partial charge on any atom is -0.444 e. The number of piperidine rings is 1. The van der Waals surface area contributed by atoms with Crippen molar-refractivity contribution in [3.8, 4) is 0 Å². The van der Waals surface area contributed by atoms with Gasteiger partial charge >= 0.3 is 6.09 Å². The van der Waals surface area contributed by atoms with Gasteiger partial charge in [-0.05, 0) is 63.9 Å². The smallest absolute Gasteiger partial charge is 0.410 e. The second-order valence-corrected chi connectivity index (χ2v) is 9.55. The zero-order valence-electron chi connectivity index (χ0n) is 18.2. The van der Waals surface area contributed by atoms with Gasteiger partial charge in [-0.2, -0.15) is 0 Å². The van der Waals surface area contributed by atoms with Crippen LogP contribution < -0.4 is 9.80 Å². The molecule has 2 amide bonds. The molecular formula is C24H28ClN3O3. The molecule has 0 aliphatic carbocycles. The van der Waals surface area contributed by atoms with Crippen LogP contribution in [0.15, 0.2) is 54.6 Å². The number of para-hydroxylation sites is 1. The fourth-order valence-electron chi connectivity index (χ4n) is 4.36. The normalized spacial score (nSPS) is 18.6. The van der Waals surface area contributed by atoms with Gasteiger partial charge in [-0.1, -0.05) is 35.9 Å². The Morgan fingerprint density at radius 2 is 1.65 bits per heavy atom. The second kappa shape index (κ2) is 8.08. The van der Waals surface area contributed by atoms with Gasteiger partial charge in [0.05, 0.1) is 6.67 Å². The number of benzene rings is 2. The molecule has 31 heavy (non-hydrogen) atoms. The molecular weight excluding hydrogens is 414 g/mol. The largest absolute Gasteiger partial charge is 0.444 e. The van der Waals surface area contributed by atoms with Gasteiger partial charge in [0.1, 0.15) is 11.1 Å². The van der Waals surface area contributed by atoms with Crippen LogP contribution in [0.3, 0.4) is 0 Å². The Morgan fingerprint density at radius 3 is 2.26 bits per heavy atom. The Kier molecular flexibility index (Phi) is 5.60. The van der Waals surface area contributed by atoms with Crippen LogP contribution in [-0.4, -0.2) is 47.8 Å².